The molecule has 4 heterocycles. The number of carbonyl (C=O) groups is 3. The molecular weight excluding hydrogens is 460 g/mol. The first-order valence-electron chi connectivity index (χ1n) is 13.2. The number of rotatable bonds is 5. The Kier molecular flexibility index (Phi) is 6.70. The van der Waals surface area contributed by atoms with Crippen molar-refractivity contribution < 1.29 is 29.0 Å². The highest BCUT2D eigenvalue weighted by Crippen LogP contribution is 2.58. The summed E-state index contributed by atoms with van der Waals surface area (Å²) in [6, 6.07) is -1.56. The van der Waals surface area contributed by atoms with Crippen LogP contribution >= 0.6 is 0 Å². The summed E-state index contributed by atoms with van der Waals surface area (Å²) in [5, 5.41) is 10.2. The maximum atomic E-state index is 14.5. The summed E-state index contributed by atoms with van der Waals surface area (Å²) in [5.74, 6) is -2.85. The Morgan fingerprint density at radius 3 is 2.39 bits per heavy atom. The zero-order valence-corrected chi connectivity index (χ0v) is 22.7. The van der Waals surface area contributed by atoms with Gasteiger partial charge in [0.15, 0.2) is 0 Å². The average molecular weight is 503 g/mol. The Bertz CT molecular complexity index is 977. The van der Waals surface area contributed by atoms with E-state index in [1.807, 2.05) is 36.1 Å². The fraction of sp³-hybridized carbons (Fsp3) is 0.750. The van der Waals surface area contributed by atoms with E-state index in [0.29, 0.717) is 19.4 Å². The minimum atomic E-state index is -1.34. The second kappa shape index (κ2) is 8.98. The molecule has 1 unspecified atom stereocenters. The van der Waals surface area contributed by atoms with Gasteiger partial charge in [0, 0.05) is 12.1 Å². The first kappa shape index (κ1) is 26.9. The predicted molar refractivity (Wildman–Crippen MR) is 135 cm³/mol. The molecule has 0 aromatic carbocycles. The summed E-state index contributed by atoms with van der Waals surface area (Å²) in [6.07, 6.45) is 9.30. The van der Waals surface area contributed by atoms with E-state index in [1.165, 1.54) is 4.90 Å². The van der Waals surface area contributed by atoms with Gasteiger partial charge in [-0.15, -0.1) is 0 Å². The Hall–Kier alpha value is -2.19. The Morgan fingerprint density at radius 2 is 1.78 bits per heavy atom. The molecule has 0 bridgehead atoms. The molecule has 0 saturated carbocycles. The van der Waals surface area contributed by atoms with Crippen molar-refractivity contribution >= 4 is 17.8 Å². The van der Waals surface area contributed by atoms with Gasteiger partial charge in [-0.05, 0) is 45.4 Å². The van der Waals surface area contributed by atoms with Gasteiger partial charge in [0.2, 0.25) is 11.8 Å². The van der Waals surface area contributed by atoms with Crippen molar-refractivity contribution in [1.82, 2.24) is 9.80 Å². The normalized spacial score (nSPS) is 35.6. The number of likely N-dealkylation sites (tertiary alicyclic amines) is 1. The Morgan fingerprint density at radius 1 is 1.08 bits per heavy atom. The molecule has 4 rings (SSSR count). The summed E-state index contributed by atoms with van der Waals surface area (Å²) < 4.78 is 12.3. The lowest BCUT2D eigenvalue weighted by Gasteiger charge is -2.45. The van der Waals surface area contributed by atoms with E-state index in [0.717, 1.165) is 6.42 Å². The third-order valence-corrected chi connectivity index (χ3v) is 8.23. The molecule has 36 heavy (non-hydrogen) atoms. The van der Waals surface area contributed by atoms with Crippen LogP contribution in [0.1, 0.15) is 67.7 Å². The van der Waals surface area contributed by atoms with Gasteiger partial charge in [0.1, 0.15) is 17.6 Å². The van der Waals surface area contributed by atoms with Gasteiger partial charge in [-0.1, -0.05) is 52.0 Å². The largest absolute Gasteiger partial charge is 0.465 e. The van der Waals surface area contributed by atoms with E-state index in [-0.39, 0.29) is 30.4 Å². The SMILES string of the molecule is CC[C@@H](CO)N1C(=O)[C@@H]2[C@@H]3C(=O)OCCC=C[C@]3(C)O[C@@]23C=CCN(C(C)(C)CC(C)(C)C)C(=O)C13. The highest BCUT2D eigenvalue weighted by molar-refractivity contribution is 5.99. The highest BCUT2D eigenvalue weighted by atomic mass is 16.6. The first-order valence-corrected chi connectivity index (χ1v) is 13.2. The minimum Gasteiger partial charge on any atom is -0.465 e. The van der Waals surface area contributed by atoms with Gasteiger partial charge in [0.25, 0.3) is 0 Å². The van der Waals surface area contributed by atoms with Crippen LogP contribution in [0.4, 0.5) is 0 Å². The number of carbonyl (C=O) groups excluding carboxylic acids is 3. The third kappa shape index (κ3) is 4.10. The first-order chi connectivity index (χ1) is 16.7. The summed E-state index contributed by atoms with van der Waals surface area (Å²) in [5.41, 5.74) is -2.96. The quantitative estimate of drug-likeness (QED) is 0.459. The van der Waals surface area contributed by atoms with Crippen LogP contribution in [0, 0.1) is 17.3 Å². The molecule has 2 amide bonds. The zero-order valence-electron chi connectivity index (χ0n) is 22.7. The molecule has 4 aliphatic rings. The van der Waals surface area contributed by atoms with E-state index >= 15 is 0 Å². The molecule has 6 atom stereocenters. The number of aliphatic hydroxyl groups excluding tert-OH is 1. The van der Waals surface area contributed by atoms with Crippen molar-refractivity contribution in [3.63, 3.8) is 0 Å². The molecule has 1 spiro atoms. The smallest absolute Gasteiger partial charge is 0.313 e. The maximum absolute atomic E-state index is 14.5. The molecule has 2 saturated heterocycles. The van der Waals surface area contributed by atoms with E-state index in [2.05, 4.69) is 34.6 Å². The van der Waals surface area contributed by atoms with Gasteiger partial charge in [-0.3, -0.25) is 14.4 Å². The number of amides is 2. The zero-order chi connectivity index (χ0) is 26.7. The van der Waals surface area contributed by atoms with E-state index in [9.17, 15) is 19.5 Å². The average Bonchev–Trinajstić information content (AvgIpc) is 3.06. The van der Waals surface area contributed by atoms with Crippen LogP contribution in [0.25, 0.3) is 0 Å². The molecule has 0 aromatic heterocycles. The lowest BCUT2D eigenvalue weighted by Crippen LogP contribution is -2.62. The molecule has 4 aliphatic heterocycles. The van der Waals surface area contributed by atoms with Gasteiger partial charge >= 0.3 is 5.97 Å². The monoisotopic (exact) mass is 502 g/mol. The van der Waals surface area contributed by atoms with Crippen LogP contribution in [0.3, 0.4) is 0 Å². The molecular formula is C28H42N2O6. The third-order valence-electron chi connectivity index (χ3n) is 8.23. The fourth-order valence-corrected chi connectivity index (χ4v) is 7.17. The van der Waals surface area contributed by atoms with Crippen molar-refractivity contribution in [2.75, 3.05) is 19.8 Å². The second-order valence-electron chi connectivity index (χ2n) is 12.7. The molecule has 8 heteroatoms. The van der Waals surface area contributed by atoms with Gasteiger partial charge < -0.3 is 24.4 Å². The molecule has 0 aliphatic carbocycles. The minimum absolute atomic E-state index is 0.0282. The predicted octanol–water partition coefficient (Wildman–Crippen LogP) is 2.84. The van der Waals surface area contributed by atoms with Gasteiger partial charge in [0.05, 0.1) is 30.8 Å². The van der Waals surface area contributed by atoms with Crippen LogP contribution in [0.2, 0.25) is 0 Å². The van der Waals surface area contributed by atoms with Crippen LogP contribution in [-0.2, 0) is 23.9 Å². The second-order valence-corrected chi connectivity index (χ2v) is 12.7. The summed E-state index contributed by atoms with van der Waals surface area (Å²) in [7, 11) is 0. The van der Waals surface area contributed by atoms with Crippen LogP contribution in [-0.4, -0.2) is 81.3 Å². The molecule has 1 N–H and O–H groups in total. The Balaban J connectivity index is 1.88. The van der Waals surface area contributed by atoms with Crippen molar-refractivity contribution in [3.8, 4) is 0 Å². The van der Waals surface area contributed by atoms with Gasteiger partial charge in [-0.2, -0.15) is 0 Å². The number of hydrogen-bond donors (Lipinski definition) is 1. The standard InChI is InChI=1S/C28H42N2O6/c1-8-18(16-31)30-21-23(33)29(26(5,6)17-25(2,3)4)14-11-13-28(21)19(22(30)32)20-24(34)35-15-10-9-12-27(20,7)36-28/h9,11-13,18-21,31H,8,10,14-17H2,1-7H3/t18-,19-,20+,21?,27-,28-/m0/s1. The van der Waals surface area contributed by atoms with Crippen LogP contribution in [0.15, 0.2) is 24.3 Å². The number of hydrogen-bond acceptors (Lipinski definition) is 6. The molecule has 0 aromatic rings. The molecule has 0 radical (unpaired) electrons. The van der Waals surface area contributed by atoms with Crippen LogP contribution in [0.5, 0.6) is 0 Å². The highest BCUT2D eigenvalue weighted by Gasteiger charge is 2.75. The summed E-state index contributed by atoms with van der Waals surface area (Å²) in [4.78, 5) is 45.3. The molecule has 8 nitrogen and oxygen atoms in total. The number of fused-ring (bicyclic) bond motifs is 2. The van der Waals surface area contributed by atoms with E-state index < -0.39 is 46.6 Å². The number of esters is 1. The fourth-order valence-electron chi connectivity index (χ4n) is 7.17. The number of ether oxygens (including phenoxy) is 2. The Labute approximate surface area is 214 Å². The van der Waals surface area contributed by atoms with Crippen LogP contribution < -0.4 is 0 Å². The topological polar surface area (TPSA) is 96.4 Å². The van der Waals surface area contributed by atoms with Crippen molar-refractivity contribution in [3.05, 3.63) is 24.3 Å². The van der Waals surface area contributed by atoms with Crippen molar-refractivity contribution in [1.29, 1.82) is 0 Å². The summed E-state index contributed by atoms with van der Waals surface area (Å²) >= 11 is 0. The number of nitrogens with zero attached hydrogens (tertiary/aromatic N) is 2. The molecule has 200 valence electrons. The van der Waals surface area contributed by atoms with Gasteiger partial charge in [-0.25, -0.2) is 0 Å². The molecule has 2 fully saturated rings. The summed E-state index contributed by atoms with van der Waals surface area (Å²) in [6.45, 7) is 14.5. The van der Waals surface area contributed by atoms with E-state index in [1.54, 1.807) is 6.92 Å². The van der Waals surface area contributed by atoms with Crippen molar-refractivity contribution in [2.24, 2.45) is 17.3 Å². The number of cyclic esters (lactones) is 1. The van der Waals surface area contributed by atoms with Crippen molar-refractivity contribution in [2.45, 2.75) is 96.6 Å². The lowest BCUT2D eigenvalue weighted by molar-refractivity contribution is -0.163. The van der Waals surface area contributed by atoms with E-state index in [4.69, 9.17) is 9.47 Å². The maximum Gasteiger partial charge on any atom is 0.313 e. The lowest BCUT2D eigenvalue weighted by atomic mass is 9.74. The number of aliphatic hydroxyl groups is 1.